The first-order valence-corrected chi connectivity index (χ1v) is 8.52. The largest absolute Gasteiger partial charge is 0.497 e. The van der Waals surface area contributed by atoms with Gasteiger partial charge in [0, 0.05) is 17.3 Å². The number of fused-ring (bicyclic) bond motifs is 1. The molecular formula is C22H23NO3. The average molecular weight is 349 g/mol. The smallest absolute Gasteiger partial charge is 0.336 e. The number of anilines is 1. The van der Waals surface area contributed by atoms with Crippen LogP contribution in [0.15, 0.2) is 54.6 Å². The number of hydrogen-bond donors (Lipinski definition) is 1. The number of hydrogen-bond acceptors (Lipinski definition) is 4. The summed E-state index contributed by atoms with van der Waals surface area (Å²) < 4.78 is 10.6. The monoisotopic (exact) mass is 349 g/mol. The Morgan fingerprint density at radius 1 is 1.08 bits per heavy atom. The Hall–Kier alpha value is -3.01. The lowest BCUT2D eigenvalue weighted by molar-refractivity contribution is -0.128. The highest BCUT2D eigenvalue weighted by Crippen LogP contribution is 2.35. The summed E-state index contributed by atoms with van der Waals surface area (Å²) in [5.74, 6) is 0.896. The van der Waals surface area contributed by atoms with E-state index in [1.165, 1.54) is 6.08 Å². The van der Waals surface area contributed by atoms with Crippen LogP contribution in [-0.2, 0) is 4.79 Å². The van der Waals surface area contributed by atoms with Gasteiger partial charge in [-0.15, -0.1) is 0 Å². The molecule has 2 aromatic carbocycles. The lowest BCUT2D eigenvalue weighted by Crippen LogP contribution is -2.31. The van der Waals surface area contributed by atoms with Crippen molar-refractivity contribution in [2.75, 3.05) is 12.4 Å². The number of nitrogens with one attached hydrogen (secondary N) is 1. The van der Waals surface area contributed by atoms with Crippen molar-refractivity contribution in [1.29, 1.82) is 0 Å². The van der Waals surface area contributed by atoms with Crippen LogP contribution in [0.1, 0.15) is 31.9 Å². The Kier molecular flexibility index (Phi) is 4.85. The predicted molar refractivity (Wildman–Crippen MR) is 105 cm³/mol. The van der Waals surface area contributed by atoms with Gasteiger partial charge >= 0.3 is 5.97 Å². The van der Waals surface area contributed by atoms with Crippen molar-refractivity contribution in [1.82, 2.24) is 0 Å². The first-order chi connectivity index (χ1) is 12.4. The predicted octanol–water partition coefficient (Wildman–Crippen LogP) is 4.92. The van der Waals surface area contributed by atoms with E-state index in [4.69, 9.17) is 9.47 Å². The zero-order valence-electron chi connectivity index (χ0n) is 15.5. The average Bonchev–Trinajstić information content (AvgIpc) is 2.60. The lowest BCUT2D eigenvalue weighted by Gasteiger charge is -2.31. The van der Waals surface area contributed by atoms with Gasteiger partial charge in [-0.25, -0.2) is 4.79 Å². The number of allylic oxidation sites excluding steroid dienone is 1. The van der Waals surface area contributed by atoms with Crippen molar-refractivity contribution >= 4 is 23.3 Å². The number of carbonyl (C=O) groups excluding carboxylic acids is 1. The van der Waals surface area contributed by atoms with E-state index in [9.17, 15) is 4.79 Å². The highest BCUT2D eigenvalue weighted by Gasteiger charge is 2.22. The molecule has 0 atom stereocenters. The fourth-order valence-electron chi connectivity index (χ4n) is 3.05. The third-order valence-electron chi connectivity index (χ3n) is 4.20. The maximum atomic E-state index is 12.1. The minimum atomic E-state index is -0.411. The van der Waals surface area contributed by atoms with Gasteiger partial charge in [-0.2, -0.15) is 0 Å². The number of methoxy groups -OCH3 is 1. The summed E-state index contributed by atoms with van der Waals surface area (Å²) in [6.45, 7) is 6.31. The number of ether oxygens (including phenoxy) is 2. The third kappa shape index (κ3) is 4.14. The van der Waals surface area contributed by atoms with Crippen molar-refractivity contribution in [3.8, 4) is 11.5 Å². The van der Waals surface area contributed by atoms with Crippen molar-refractivity contribution in [3.05, 3.63) is 65.7 Å². The van der Waals surface area contributed by atoms with Gasteiger partial charge in [0.15, 0.2) is 0 Å². The summed E-state index contributed by atoms with van der Waals surface area (Å²) in [4.78, 5) is 12.1. The van der Waals surface area contributed by atoms with Crippen LogP contribution in [0.5, 0.6) is 11.5 Å². The third-order valence-corrected chi connectivity index (χ3v) is 4.20. The Labute approximate surface area is 154 Å². The van der Waals surface area contributed by atoms with Gasteiger partial charge < -0.3 is 14.8 Å². The minimum absolute atomic E-state index is 0.0869. The van der Waals surface area contributed by atoms with E-state index in [1.54, 1.807) is 19.3 Å². The van der Waals surface area contributed by atoms with Gasteiger partial charge in [0.1, 0.15) is 11.5 Å². The van der Waals surface area contributed by atoms with Crippen molar-refractivity contribution in [2.45, 2.75) is 26.3 Å². The molecule has 1 N–H and O–H groups in total. The summed E-state index contributed by atoms with van der Waals surface area (Å²) in [6, 6.07) is 13.1. The Balaban J connectivity index is 1.70. The molecule has 0 bridgehead atoms. The molecule has 0 saturated carbocycles. The van der Waals surface area contributed by atoms with Crippen LogP contribution in [-0.4, -0.2) is 18.6 Å². The number of benzene rings is 2. The molecule has 0 aliphatic carbocycles. The minimum Gasteiger partial charge on any atom is -0.497 e. The van der Waals surface area contributed by atoms with E-state index in [2.05, 4.69) is 32.2 Å². The van der Waals surface area contributed by atoms with Crippen molar-refractivity contribution in [3.63, 3.8) is 0 Å². The van der Waals surface area contributed by atoms with Crippen molar-refractivity contribution < 1.29 is 14.3 Å². The Morgan fingerprint density at radius 2 is 1.77 bits per heavy atom. The molecule has 1 heterocycles. The summed E-state index contributed by atoms with van der Waals surface area (Å²) >= 11 is 0. The molecule has 0 radical (unpaired) electrons. The molecule has 1 aliphatic heterocycles. The molecule has 0 fully saturated rings. The molecule has 4 heteroatoms. The Morgan fingerprint density at radius 3 is 2.46 bits per heavy atom. The molecular weight excluding hydrogens is 326 g/mol. The normalized spacial score (nSPS) is 15.0. The first kappa shape index (κ1) is 17.8. The maximum absolute atomic E-state index is 12.1. The fourth-order valence-corrected chi connectivity index (χ4v) is 3.05. The van der Waals surface area contributed by atoms with Gasteiger partial charge in [-0.1, -0.05) is 18.2 Å². The van der Waals surface area contributed by atoms with E-state index in [-0.39, 0.29) is 5.54 Å². The first-order valence-electron chi connectivity index (χ1n) is 8.52. The van der Waals surface area contributed by atoms with Gasteiger partial charge in [-0.3, -0.25) is 0 Å². The van der Waals surface area contributed by atoms with Gasteiger partial charge in [0.05, 0.1) is 12.6 Å². The van der Waals surface area contributed by atoms with E-state index >= 15 is 0 Å². The van der Waals surface area contributed by atoms with E-state index < -0.39 is 5.97 Å². The van der Waals surface area contributed by atoms with Gasteiger partial charge in [-0.05, 0) is 68.3 Å². The summed E-state index contributed by atoms with van der Waals surface area (Å²) in [7, 11) is 1.62. The highest BCUT2D eigenvalue weighted by atomic mass is 16.5. The molecule has 0 amide bonds. The number of rotatable bonds is 4. The molecule has 0 spiro atoms. The van der Waals surface area contributed by atoms with Crippen LogP contribution in [0.4, 0.5) is 5.69 Å². The molecule has 0 unspecified atom stereocenters. The Bertz CT molecular complexity index is 877. The summed E-state index contributed by atoms with van der Waals surface area (Å²) in [5.41, 5.74) is 4.07. The van der Waals surface area contributed by atoms with Gasteiger partial charge in [0.25, 0.3) is 0 Å². The maximum Gasteiger partial charge on any atom is 0.336 e. The molecule has 0 saturated heterocycles. The van der Waals surface area contributed by atoms with Crippen LogP contribution >= 0.6 is 0 Å². The molecule has 2 aromatic rings. The second-order valence-corrected chi connectivity index (χ2v) is 6.91. The van der Waals surface area contributed by atoms with E-state index in [1.807, 2.05) is 36.4 Å². The highest BCUT2D eigenvalue weighted by molar-refractivity contribution is 5.89. The second kappa shape index (κ2) is 7.08. The fraction of sp³-hybridized carbons (Fsp3) is 0.227. The van der Waals surface area contributed by atoms with Crippen molar-refractivity contribution in [2.24, 2.45) is 0 Å². The number of carbonyl (C=O) groups is 1. The quantitative estimate of drug-likeness (QED) is 0.483. The molecule has 26 heavy (non-hydrogen) atoms. The molecule has 134 valence electrons. The van der Waals surface area contributed by atoms with E-state index in [0.717, 1.165) is 28.1 Å². The topological polar surface area (TPSA) is 47.6 Å². The standard InChI is InChI=1S/C22H23NO3/c1-15-14-22(2,3)23-20-11-10-18(13-19(15)20)26-21(24)12-7-16-5-8-17(25-4)9-6-16/h5-14,23H,1-4H3. The number of esters is 1. The van der Waals surface area contributed by atoms with Crippen LogP contribution in [0.3, 0.4) is 0 Å². The zero-order chi connectivity index (χ0) is 18.7. The molecule has 3 rings (SSSR count). The van der Waals surface area contributed by atoms with E-state index in [0.29, 0.717) is 5.75 Å². The van der Waals surface area contributed by atoms with Crippen LogP contribution in [0.2, 0.25) is 0 Å². The molecule has 1 aliphatic rings. The molecule has 4 nitrogen and oxygen atoms in total. The van der Waals surface area contributed by atoms with Crippen LogP contribution in [0.25, 0.3) is 11.6 Å². The second-order valence-electron chi connectivity index (χ2n) is 6.91. The van der Waals surface area contributed by atoms with Crippen LogP contribution in [0, 0.1) is 0 Å². The van der Waals surface area contributed by atoms with Gasteiger partial charge in [0.2, 0.25) is 0 Å². The zero-order valence-corrected chi connectivity index (χ0v) is 15.5. The summed E-state index contributed by atoms with van der Waals surface area (Å²) in [5, 5.41) is 3.46. The lowest BCUT2D eigenvalue weighted by atomic mass is 9.91. The molecule has 0 aromatic heterocycles. The van der Waals surface area contributed by atoms with Crippen LogP contribution < -0.4 is 14.8 Å². The summed E-state index contributed by atoms with van der Waals surface area (Å²) in [6.07, 6.45) is 5.31. The SMILES string of the molecule is COc1ccc(C=CC(=O)Oc2ccc3c(c2)C(C)=CC(C)(C)N3)cc1.